The highest BCUT2D eigenvalue weighted by atomic mass is 127. The molecule has 0 N–H and O–H groups in total. The summed E-state index contributed by atoms with van der Waals surface area (Å²) in [5, 5.41) is 0. The van der Waals surface area contributed by atoms with Crippen molar-refractivity contribution in [2.45, 2.75) is 13.3 Å². The highest BCUT2D eigenvalue weighted by molar-refractivity contribution is 14.1. The van der Waals surface area contributed by atoms with E-state index >= 15 is 0 Å². The van der Waals surface area contributed by atoms with E-state index in [9.17, 15) is 0 Å². The van der Waals surface area contributed by atoms with Gasteiger partial charge in [-0.15, -0.1) is 0 Å². The number of allylic oxidation sites excluding steroid dienone is 1. The Kier molecular flexibility index (Phi) is 3.69. The van der Waals surface area contributed by atoms with Crippen LogP contribution in [-0.4, -0.2) is 22.9 Å². The third-order valence-corrected chi connectivity index (χ3v) is 3.38. The van der Waals surface area contributed by atoms with E-state index in [0.717, 1.165) is 11.8 Å². The van der Waals surface area contributed by atoms with Gasteiger partial charge in [0.1, 0.15) is 0 Å². The van der Waals surface area contributed by atoms with E-state index in [0.29, 0.717) is 0 Å². The molecule has 1 aliphatic rings. The van der Waals surface area contributed by atoms with Crippen LogP contribution in [0.25, 0.3) is 0 Å². The van der Waals surface area contributed by atoms with E-state index in [-0.39, 0.29) is 0 Å². The van der Waals surface area contributed by atoms with Gasteiger partial charge in [0, 0.05) is 18.0 Å². The van der Waals surface area contributed by atoms with Crippen LogP contribution in [0.3, 0.4) is 0 Å². The highest BCUT2D eigenvalue weighted by Crippen LogP contribution is 2.20. The van der Waals surface area contributed by atoms with Crippen molar-refractivity contribution in [2.24, 2.45) is 11.8 Å². The molecule has 1 rings (SSSR count). The van der Waals surface area contributed by atoms with Crippen LogP contribution >= 0.6 is 22.6 Å². The average molecular weight is 265 g/mol. The van der Waals surface area contributed by atoms with Crippen LogP contribution in [0.15, 0.2) is 12.3 Å². The predicted octanol–water partition coefficient (Wildman–Crippen LogP) is 2.52. The SMILES string of the molecule is CC1C=CN(C)C[C@H](CI)C1. The summed E-state index contributed by atoms with van der Waals surface area (Å²) < 4.78 is 1.29. The standard InChI is InChI=1S/C9H16IN/c1-8-3-4-11(2)7-9(5-8)6-10/h3-4,8-9H,5-7H2,1-2H3/t8?,9-/m0/s1. The second-order valence-corrected chi connectivity index (χ2v) is 4.40. The van der Waals surface area contributed by atoms with Gasteiger partial charge in [-0.2, -0.15) is 0 Å². The van der Waals surface area contributed by atoms with Gasteiger partial charge in [0.05, 0.1) is 0 Å². The van der Waals surface area contributed by atoms with E-state index in [1.165, 1.54) is 17.4 Å². The van der Waals surface area contributed by atoms with Crippen LogP contribution in [0.1, 0.15) is 13.3 Å². The molecule has 0 bridgehead atoms. The Balaban J connectivity index is 2.51. The van der Waals surface area contributed by atoms with Gasteiger partial charge in [-0.3, -0.25) is 0 Å². The van der Waals surface area contributed by atoms with E-state index < -0.39 is 0 Å². The first-order valence-electron chi connectivity index (χ1n) is 4.17. The van der Waals surface area contributed by atoms with Crippen molar-refractivity contribution in [1.29, 1.82) is 0 Å². The fraction of sp³-hybridized carbons (Fsp3) is 0.778. The summed E-state index contributed by atoms with van der Waals surface area (Å²) in [7, 11) is 2.16. The molecule has 0 fully saturated rings. The molecular weight excluding hydrogens is 249 g/mol. The molecule has 64 valence electrons. The van der Waals surface area contributed by atoms with Crippen LogP contribution in [0.4, 0.5) is 0 Å². The number of nitrogens with zero attached hydrogens (tertiary/aromatic N) is 1. The van der Waals surface area contributed by atoms with E-state index in [2.05, 4.69) is 53.7 Å². The molecule has 1 heterocycles. The van der Waals surface area contributed by atoms with Gasteiger partial charge >= 0.3 is 0 Å². The van der Waals surface area contributed by atoms with Gasteiger partial charge in [-0.05, 0) is 24.5 Å². The first kappa shape index (κ1) is 9.36. The molecule has 0 aromatic heterocycles. The van der Waals surface area contributed by atoms with Gasteiger partial charge in [-0.1, -0.05) is 35.6 Å². The highest BCUT2D eigenvalue weighted by Gasteiger charge is 2.14. The second kappa shape index (κ2) is 4.33. The lowest BCUT2D eigenvalue weighted by atomic mass is 9.99. The maximum atomic E-state index is 2.49. The summed E-state index contributed by atoms with van der Waals surface area (Å²) in [6, 6.07) is 0. The fourth-order valence-corrected chi connectivity index (χ4v) is 2.19. The van der Waals surface area contributed by atoms with E-state index in [4.69, 9.17) is 0 Å². The zero-order valence-corrected chi connectivity index (χ0v) is 9.41. The maximum Gasteiger partial charge on any atom is 0.0205 e. The number of rotatable bonds is 1. The van der Waals surface area contributed by atoms with Crippen molar-refractivity contribution in [3.05, 3.63) is 12.3 Å². The lowest BCUT2D eigenvalue weighted by Crippen LogP contribution is -2.20. The Morgan fingerprint density at radius 2 is 2.36 bits per heavy atom. The van der Waals surface area contributed by atoms with Crippen molar-refractivity contribution in [2.75, 3.05) is 18.0 Å². The molecule has 0 spiro atoms. The lowest BCUT2D eigenvalue weighted by Gasteiger charge is -2.18. The quantitative estimate of drug-likeness (QED) is 0.520. The fourth-order valence-electron chi connectivity index (χ4n) is 1.55. The number of alkyl halides is 1. The minimum Gasteiger partial charge on any atom is -0.380 e. The molecule has 1 unspecified atom stereocenters. The monoisotopic (exact) mass is 265 g/mol. The van der Waals surface area contributed by atoms with Crippen molar-refractivity contribution in [3.63, 3.8) is 0 Å². The van der Waals surface area contributed by atoms with Gasteiger partial charge in [0.15, 0.2) is 0 Å². The molecule has 0 aromatic rings. The molecule has 0 saturated heterocycles. The van der Waals surface area contributed by atoms with Crippen LogP contribution in [0, 0.1) is 11.8 Å². The summed E-state index contributed by atoms with van der Waals surface area (Å²) in [5.74, 6) is 1.64. The molecule has 0 amide bonds. The van der Waals surface area contributed by atoms with Crippen LogP contribution in [0.5, 0.6) is 0 Å². The Hall–Kier alpha value is 0.270. The normalized spacial score (nSPS) is 32.1. The summed E-state index contributed by atoms with van der Waals surface area (Å²) in [5.41, 5.74) is 0. The molecule has 2 heteroatoms. The Morgan fingerprint density at radius 1 is 1.64 bits per heavy atom. The van der Waals surface area contributed by atoms with Gasteiger partial charge in [0.2, 0.25) is 0 Å². The second-order valence-electron chi connectivity index (χ2n) is 3.51. The molecule has 0 aromatic carbocycles. The molecule has 1 nitrogen and oxygen atoms in total. The summed E-state index contributed by atoms with van der Waals surface area (Å²) >= 11 is 2.49. The number of halogens is 1. The molecule has 1 aliphatic heterocycles. The Labute approximate surface area is 83.0 Å². The number of hydrogen-bond donors (Lipinski definition) is 0. The van der Waals surface area contributed by atoms with Crippen molar-refractivity contribution in [1.82, 2.24) is 4.90 Å². The topological polar surface area (TPSA) is 3.24 Å². The maximum absolute atomic E-state index is 2.49. The third kappa shape index (κ3) is 3.01. The molecule has 2 atom stereocenters. The van der Waals surface area contributed by atoms with Gasteiger partial charge in [-0.25, -0.2) is 0 Å². The Morgan fingerprint density at radius 3 is 3.00 bits per heavy atom. The van der Waals surface area contributed by atoms with Crippen molar-refractivity contribution >= 4 is 22.6 Å². The van der Waals surface area contributed by atoms with Crippen LogP contribution in [0.2, 0.25) is 0 Å². The Bertz CT molecular complexity index is 130. The van der Waals surface area contributed by atoms with Crippen molar-refractivity contribution < 1.29 is 0 Å². The predicted molar refractivity (Wildman–Crippen MR) is 57.9 cm³/mol. The third-order valence-electron chi connectivity index (χ3n) is 2.14. The molecular formula is C9H16IN. The number of hydrogen-bond acceptors (Lipinski definition) is 1. The summed E-state index contributed by atoms with van der Waals surface area (Å²) in [6.45, 7) is 3.53. The molecule has 0 aliphatic carbocycles. The molecule has 11 heavy (non-hydrogen) atoms. The van der Waals surface area contributed by atoms with E-state index in [1.807, 2.05) is 0 Å². The summed E-state index contributed by atoms with van der Waals surface area (Å²) in [6.07, 6.45) is 5.88. The lowest BCUT2D eigenvalue weighted by molar-refractivity contribution is 0.366. The van der Waals surface area contributed by atoms with Crippen LogP contribution < -0.4 is 0 Å². The summed E-state index contributed by atoms with van der Waals surface area (Å²) in [4.78, 5) is 2.30. The molecule has 0 radical (unpaired) electrons. The van der Waals surface area contributed by atoms with Gasteiger partial charge in [0.25, 0.3) is 0 Å². The first-order valence-corrected chi connectivity index (χ1v) is 5.69. The van der Waals surface area contributed by atoms with Gasteiger partial charge < -0.3 is 4.90 Å². The largest absolute Gasteiger partial charge is 0.380 e. The first-order chi connectivity index (χ1) is 5.22. The van der Waals surface area contributed by atoms with Crippen molar-refractivity contribution in [3.8, 4) is 0 Å². The van der Waals surface area contributed by atoms with Crippen LogP contribution in [-0.2, 0) is 0 Å². The minimum atomic E-state index is 0.764. The smallest absolute Gasteiger partial charge is 0.0205 e. The zero-order chi connectivity index (χ0) is 8.27. The molecule has 0 saturated carbocycles. The minimum absolute atomic E-state index is 0.764. The average Bonchev–Trinajstić information content (AvgIpc) is 2.13. The zero-order valence-electron chi connectivity index (χ0n) is 7.26. The van der Waals surface area contributed by atoms with E-state index in [1.54, 1.807) is 0 Å².